The molecule has 2 atom stereocenters. The molecule has 2 aromatic rings. The van der Waals surface area contributed by atoms with E-state index in [0.29, 0.717) is 12.0 Å². The molecule has 2 N–H and O–H groups in total. The standard InChI is InChI=1S/C16H23N5O2/c1-10(2)13-9-15(21-14(20-13)6-7-17-21)18-11-4-5-12(8-11)19-16(22)23-3/h6-7,9-12,18H,4-5,8H2,1-3H3,(H,19,22)/t11-,12-/m1/s1. The number of carbonyl (C=O) groups excluding carboxylic acids is 1. The minimum atomic E-state index is -0.365. The largest absolute Gasteiger partial charge is 0.453 e. The average molecular weight is 317 g/mol. The molecule has 1 amide bonds. The van der Waals surface area contributed by atoms with Crippen molar-refractivity contribution in [3.63, 3.8) is 0 Å². The Balaban J connectivity index is 1.74. The zero-order chi connectivity index (χ0) is 16.4. The Labute approximate surface area is 135 Å². The highest BCUT2D eigenvalue weighted by Gasteiger charge is 2.26. The summed E-state index contributed by atoms with van der Waals surface area (Å²) in [6.07, 6.45) is 4.20. The second kappa shape index (κ2) is 6.44. The summed E-state index contributed by atoms with van der Waals surface area (Å²) >= 11 is 0. The molecule has 23 heavy (non-hydrogen) atoms. The highest BCUT2D eigenvalue weighted by Crippen LogP contribution is 2.25. The van der Waals surface area contributed by atoms with Crippen LogP contribution < -0.4 is 10.6 Å². The Bertz CT molecular complexity index is 697. The minimum absolute atomic E-state index is 0.152. The van der Waals surface area contributed by atoms with Crippen molar-refractivity contribution in [3.05, 3.63) is 24.0 Å². The molecule has 1 aliphatic carbocycles. The van der Waals surface area contributed by atoms with Gasteiger partial charge < -0.3 is 15.4 Å². The van der Waals surface area contributed by atoms with E-state index < -0.39 is 0 Å². The van der Waals surface area contributed by atoms with E-state index in [4.69, 9.17) is 0 Å². The van der Waals surface area contributed by atoms with Gasteiger partial charge in [-0.05, 0) is 25.2 Å². The third-order valence-corrected chi connectivity index (χ3v) is 4.26. The predicted octanol–water partition coefficient (Wildman–Crippen LogP) is 2.54. The fourth-order valence-electron chi connectivity index (χ4n) is 3.01. The molecule has 7 heteroatoms. The molecular weight excluding hydrogens is 294 g/mol. The van der Waals surface area contributed by atoms with Crippen LogP contribution in [0.25, 0.3) is 5.65 Å². The lowest BCUT2D eigenvalue weighted by Crippen LogP contribution is -2.33. The van der Waals surface area contributed by atoms with Gasteiger partial charge in [0.15, 0.2) is 5.65 Å². The number of anilines is 1. The molecule has 2 aromatic heterocycles. The van der Waals surface area contributed by atoms with Gasteiger partial charge in [0.05, 0.1) is 13.3 Å². The number of carbonyl (C=O) groups is 1. The van der Waals surface area contributed by atoms with Gasteiger partial charge in [0.1, 0.15) is 5.82 Å². The van der Waals surface area contributed by atoms with Crippen molar-refractivity contribution in [3.8, 4) is 0 Å². The van der Waals surface area contributed by atoms with Gasteiger partial charge in [-0.1, -0.05) is 13.8 Å². The van der Waals surface area contributed by atoms with Gasteiger partial charge in [-0.2, -0.15) is 9.61 Å². The van der Waals surface area contributed by atoms with E-state index in [1.165, 1.54) is 7.11 Å². The van der Waals surface area contributed by atoms with Gasteiger partial charge >= 0.3 is 6.09 Å². The average Bonchev–Trinajstić information content (AvgIpc) is 3.16. The van der Waals surface area contributed by atoms with Crippen molar-refractivity contribution < 1.29 is 9.53 Å². The van der Waals surface area contributed by atoms with E-state index in [1.54, 1.807) is 6.20 Å². The van der Waals surface area contributed by atoms with E-state index in [2.05, 4.69) is 45.4 Å². The lowest BCUT2D eigenvalue weighted by molar-refractivity contribution is 0.166. The maximum Gasteiger partial charge on any atom is 0.407 e. The molecule has 0 bridgehead atoms. The predicted molar refractivity (Wildman–Crippen MR) is 87.7 cm³/mol. The summed E-state index contributed by atoms with van der Waals surface area (Å²) < 4.78 is 6.49. The van der Waals surface area contributed by atoms with Crippen LogP contribution in [0.2, 0.25) is 0 Å². The quantitative estimate of drug-likeness (QED) is 0.906. The number of alkyl carbamates (subject to hydrolysis) is 1. The highest BCUT2D eigenvalue weighted by molar-refractivity contribution is 5.67. The number of nitrogens with one attached hydrogen (secondary N) is 2. The minimum Gasteiger partial charge on any atom is -0.453 e. The molecular formula is C16H23N5O2. The van der Waals surface area contributed by atoms with Gasteiger partial charge in [0, 0.05) is 29.9 Å². The van der Waals surface area contributed by atoms with Crippen molar-refractivity contribution in [2.75, 3.05) is 12.4 Å². The first-order valence-corrected chi connectivity index (χ1v) is 8.02. The fourth-order valence-corrected chi connectivity index (χ4v) is 3.01. The SMILES string of the molecule is COC(=O)N[C@@H]1CC[C@@H](Nc2cc(C(C)C)nc3ccnn23)C1. The van der Waals surface area contributed by atoms with E-state index in [9.17, 15) is 4.79 Å². The molecule has 0 unspecified atom stereocenters. The van der Waals surface area contributed by atoms with Crippen LogP contribution in [0.3, 0.4) is 0 Å². The highest BCUT2D eigenvalue weighted by atomic mass is 16.5. The Morgan fingerprint density at radius 1 is 1.39 bits per heavy atom. The maximum absolute atomic E-state index is 11.3. The first kappa shape index (κ1) is 15.6. The van der Waals surface area contributed by atoms with Gasteiger partial charge in [-0.15, -0.1) is 0 Å². The lowest BCUT2D eigenvalue weighted by Gasteiger charge is -2.17. The van der Waals surface area contributed by atoms with Crippen LogP contribution in [0.4, 0.5) is 10.6 Å². The summed E-state index contributed by atoms with van der Waals surface area (Å²) in [5, 5.41) is 10.8. The summed E-state index contributed by atoms with van der Waals surface area (Å²) in [4.78, 5) is 15.9. The number of ether oxygens (including phenoxy) is 1. The van der Waals surface area contributed by atoms with Crippen molar-refractivity contribution in [2.45, 2.75) is 51.1 Å². The van der Waals surface area contributed by atoms with Crippen LogP contribution in [0.15, 0.2) is 18.3 Å². The van der Waals surface area contributed by atoms with Crippen LogP contribution in [-0.4, -0.2) is 39.9 Å². The number of aromatic nitrogens is 3. The number of methoxy groups -OCH3 is 1. The van der Waals surface area contributed by atoms with E-state index in [1.807, 2.05) is 10.6 Å². The van der Waals surface area contributed by atoms with Gasteiger partial charge in [0.2, 0.25) is 0 Å². The van der Waals surface area contributed by atoms with E-state index in [-0.39, 0.29) is 12.1 Å². The van der Waals surface area contributed by atoms with Crippen LogP contribution in [0.5, 0.6) is 0 Å². The third-order valence-electron chi connectivity index (χ3n) is 4.26. The normalized spacial score (nSPS) is 20.9. The molecule has 1 fully saturated rings. The third kappa shape index (κ3) is 3.38. The Hall–Kier alpha value is -2.31. The van der Waals surface area contributed by atoms with E-state index in [0.717, 1.165) is 36.4 Å². The number of rotatable bonds is 4. The van der Waals surface area contributed by atoms with E-state index >= 15 is 0 Å². The number of amides is 1. The smallest absolute Gasteiger partial charge is 0.407 e. The fraction of sp³-hybridized carbons (Fsp3) is 0.562. The second-order valence-corrected chi connectivity index (χ2v) is 6.31. The maximum atomic E-state index is 11.3. The topological polar surface area (TPSA) is 80.5 Å². The number of hydrogen-bond acceptors (Lipinski definition) is 5. The number of fused-ring (bicyclic) bond motifs is 1. The Kier molecular flexibility index (Phi) is 4.36. The molecule has 124 valence electrons. The number of hydrogen-bond donors (Lipinski definition) is 2. The van der Waals surface area contributed by atoms with Crippen LogP contribution >= 0.6 is 0 Å². The monoisotopic (exact) mass is 317 g/mol. The molecule has 3 rings (SSSR count). The van der Waals surface area contributed by atoms with Gasteiger partial charge in [0.25, 0.3) is 0 Å². The molecule has 0 aromatic carbocycles. The summed E-state index contributed by atoms with van der Waals surface area (Å²) in [6, 6.07) is 4.42. The molecule has 0 saturated heterocycles. The Morgan fingerprint density at radius 2 is 2.17 bits per heavy atom. The first-order chi connectivity index (χ1) is 11.1. The molecule has 0 radical (unpaired) electrons. The van der Waals surface area contributed by atoms with Gasteiger partial charge in [-0.3, -0.25) is 0 Å². The van der Waals surface area contributed by atoms with Crippen molar-refractivity contribution >= 4 is 17.6 Å². The lowest BCUT2D eigenvalue weighted by atomic mass is 10.1. The Morgan fingerprint density at radius 3 is 2.91 bits per heavy atom. The van der Waals surface area contributed by atoms with Crippen LogP contribution in [0, 0.1) is 0 Å². The summed E-state index contributed by atoms with van der Waals surface area (Å²) in [6.45, 7) is 4.26. The zero-order valence-electron chi connectivity index (χ0n) is 13.7. The van der Waals surface area contributed by atoms with Crippen molar-refractivity contribution in [2.24, 2.45) is 0 Å². The summed E-state index contributed by atoms with van der Waals surface area (Å²) in [5.41, 5.74) is 1.89. The molecule has 7 nitrogen and oxygen atoms in total. The summed E-state index contributed by atoms with van der Waals surface area (Å²) in [5.74, 6) is 1.31. The second-order valence-electron chi connectivity index (χ2n) is 6.31. The van der Waals surface area contributed by atoms with Gasteiger partial charge in [-0.25, -0.2) is 9.78 Å². The summed E-state index contributed by atoms with van der Waals surface area (Å²) in [7, 11) is 1.39. The molecule has 0 aliphatic heterocycles. The van der Waals surface area contributed by atoms with Crippen LogP contribution in [0.1, 0.15) is 44.7 Å². The molecule has 1 saturated carbocycles. The first-order valence-electron chi connectivity index (χ1n) is 8.02. The zero-order valence-corrected chi connectivity index (χ0v) is 13.7. The molecule has 1 aliphatic rings. The van der Waals surface area contributed by atoms with Crippen molar-refractivity contribution in [1.29, 1.82) is 0 Å². The molecule has 0 spiro atoms. The number of nitrogens with zero attached hydrogens (tertiary/aromatic N) is 3. The van der Waals surface area contributed by atoms with Crippen molar-refractivity contribution in [1.82, 2.24) is 19.9 Å². The van der Waals surface area contributed by atoms with Crippen LogP contribution in [-0.2, 0) is 4.74 Å². The molecule has 2 heterocycles.